The second-order valence-corrected chi connectivity index (χ2v) is 7.11. The topological polar surface area (TPSA) is 74.6 Å². The van der Waals surface area contributed by atoms with Crippen LogP contribution in [0, 0.1) is 24.4 Å². The number of halogens is 4. The van der Waals surface area contributed by atoms with Gasteiger partial charge in [-0.25, -0.2) is 18.0 Å². The molecule has 0 aliphatic carbocycles. The molecule has 0 saturated carbocycles. The molecule has 2 aromatic carbocycles. The Morgan fingerprint density at radius 3 is 2.39 bits per heavy atom. The van der Waals surface area contributed by atoms with Crippen LogP contribution in [0.4, 0.5) is 18.9 Å². The summed E-state index contributed by atoms with van der Waals surface area (Å²) in [6, 6.07) is 4.24. The van der Waals surface area contributed by atoms with Crippen LogP contribution in [-0.4, -0.2) is 41.8 Å². The molecule has 6 nitrogen and oxygen atoms in total. The molecule has 1 aromatic heterocycles. The number of nitrogens with zero attached hydrogens (tertiary/aromatic N) is 2. The van der Waals surface area contributed by atoms with Gasteiger partial charge in [-0.15, -0.1) is 12.4 Å². The van der Waals surface area contributed by atoms with E-state index in [2.05, 4.69) is 5.32 Å². The number of hydrogen-bond donors (Lipinski definition) is 2. The zero-order chi connectivity index (χ0) is 21.6. The molecule has 1 fully saturated rings. The Hall–Kier alpha value is -3.04. The second-order valence-electron chi connectivity index (χ2n) is 7.11. The molecular weight excluding hydrogens is 435 g/mol. The number of carboxylic acids is 1. The number of pyridine rings is 1. The fourth-order valence-electron chi connectivity index (χ4n) is 3.79. The van der Waals surface area contributed by atoms with Crippen LogP contribution in [0.5, 0.6) is 0 Å². The van der Waals surface area contributed by atoms with Crippen LogP contribution in [-0.2, 0) is 0 Å². The first kappa shape index (κ1) is 22.6. The fraction of sp³-hybridized carbons (Fsp3) is 0.238. The molecule has 0 unspecified atom stereocenters. The summed E-state index contributed by atoms with van der Waals surface area (Å²) in [5.41, 5.74) is -1.29. The van der Waals surface area contributed by atoms with Crippen molar-refractivity contribution in [2.24, 2.45) is 0 Å². The summed E-state index contributed by atoms with van der Waals surface area (Å²) >= 11 is 0. The number of aromatic carboxylic acids is 1. The number of benzene rings is 2. The fourth-order valence-corrected chi connectivity index (χ4v) is 3.79. The predicted octanol–water partition coefficient (Wildman–Crippen LogP) is 3.25. The first-order valence-electron chi connectivity index (χ1n) is 9.32. The summed E-state index contributed by atoms with van der Waals surface area (Å²) in [5.74, 6) is -3.90. The highest BCUT2D eigenvalue weighted by molar-refractivity contribution is 5.95. The number of piperazine rings is 1. The van der Waals surface area contributed by atoms with Crippen molar-refractivity contribution in [2.45, 2.75) is 6.92 Å². The van der Waals surface area contributed by atoms with Crippen LogP contribution in [0.2, 0.25) is 0 Å². The van der Waals surface area contributed by atoms with Gasteiger partial charge in [-0.2, -0.15) is 0 Å². The average Bonchev–Trinajstić information content (AvgIpc) is 2.71. The monoisotopic (exact) mass is 453 g/mol. The first-order valence-corrected chi connectivity index (χ1v) is 9.32. The maximum absolute atomic E-state index is 15.2. The van der Waals surface area contributed by atoms with E-state index in [0.717, 1.165) is 22.9 Å². The normalized spacial score (nSPS) is 13.9. The minimum atomic E-state index is -1.52. The van der Waals surface area contributed by atoms with Gasteiger partial charge in [0.05, 0.1) is 22.3 Å². The third kappa shape index (κ3) is 3.86. The van der Waals surface area contributed by atoms with E-state index in [1.165, 1.54) is 13.0 Å². The van der Waals surface area contributed by atoms with Crippen molar-refractivity contribution >= 4 is 35.0 Å². The summed E-state index contributed by atoms with van der Waals surface area (Å²) in [6.45, 7) is 3.75. The van der Waals surface area contributed by atoms with E-state index in [-0.39, 0.29) is 40.2 Å². The Balaban J connectivity index is 0.00000272. The van der Waals surface area contributed by atoms with E-state index in [9.17, 15) is 23.5 Å². The third-order valence-electron chi connectivity index (χ3n) is 5.31. The Morgan fingerprint density at radius 1 is 1.10 bits per heavy atom. The van der Waals surface area contributed by atoms with Crippen LogP contribution in [0.3, 0.4) is 0 Å². The van der Waals surface area contributed by atoms with Crippen molar-refractivity contribution in [2.75, 3.05) is 31.1 Å². The van der Waals surface area contributed by atoms with Gasteiger partial charge < -0.3 is 19.9 Å². The van der Waals surface area contributed by atoms with Gasteiger partial charge in [0.1, 0.15) is 23.0 Å². The number of carboxylic acid groups (broad SMARTS) is 1. The van der Waals surface area contributed by atoms with Crippen LogP contribution >= 0.6 is 12.4 Å². The molecular formula is C21H19ClF3N3O3. The zero-order valence-corrected chi connectivity index (χ0v) is 17.2. The van der Waals surface area contributed by atoms with E-state index in [1.54, 1.807) is 4.90 Å². The van der Waals surface area contributed by atoms with Crippen LogP contribution < -0.4 is 15.6 Å². The van der Waals surface area contributed by atoms with Crippen molar-refractivity contribution in [1.82, 2.24) is 9.88 Å². The number of fused-ring (bicyclic) bond motifs is 1. The standard InChI is InChI=1S/C21H18F3N3O3.ClH/c1-11-18-16(9-17(19(11)24)26-6-4-25-5-7-26)27(10-13(20(18)28)21(29)30)15-3-2-12(22)8-14(15)23;/h2-3,8-10,25H,4-7H2,1H3,(H,29,30);1H. The van der Waals surface area contributed by atoms with Gasteiger partial charge in [0.15, 0.2) is 0 Å². The molecule has 0 bridgehead atoms. The number of aryl methyl sites for hydroxylation is 1. The molecule has 0 amide bonds. The van der Waals surface area contributed by atoms with Gasteiger partial charge in [0.25, 0.3) is 0 Å². The quantitative estimate of drug-likeness (QED) is 0.637. The smallest absolute Gasteiger partial charge is 0.341 e. The first-order chi connectivity index (χ1) is 14.3. The predicted molar refractivity (Wildman–Crippen MR) is 113 cm³/mol. The third-order valence-corrected chi connectivity index (χ3v) is 5.31. The molecule has 0 atom stereocenters. The number of anilines is 1. The molecule has 2 N–H and O–H groups in total. The van der Waals surface area contributed by atoms with E-state index in [1.807, 2.05) is 0 Å². The van der Waals surface area contributed by atoms with Crippen molar-refractivity contribution in [3.8, 4) is 5.69 Å². The number of aromatic nitrogens is 1. The highest BCUT2D eigenvalue weighted by Gasteiger charge is 2.24. The Kier molecular flexibility index (Phi) is 6.28. The highest BCUT2D eigenvalue weighted by atomic mass is 35.5. The molecule has 2 heterocycles. The second kappa shape index (κ2) is 8.60. The molecule has 0 spiro atoms. The van der Waals surface area contributed by atoms with Crippen LogP contribution in [0.15, 0.2) is 35.3 Å². The summed E-state index contributed by atoms with van der Waals surface area (Å²) in [6.07, 6.45) is 0.988. The number of rotatable bonds is 3. The van der Waals surface area contributed by atoms with Gasteiger partial charge in [0, 0.05) is 44.0 Å². The summed E-state index contributed by atoms with van der Waals surface area (Å²) in [5, 5.41) is 12.5. The Labute approximate surface area is 181 Å². The maximum Gasteiger partial charge on any atom is 0.341 e. The minimum absolute atomic E-state index is 0. The van der Waals surface area contributed by atoms with Gasteiger partial charge in [0.2, 0.25) is 5.43 Å². The number of hydrogen-bond acceptors (Lipinski definition) is 4. The molecule has 164 valence electrons. The molecule has 4 rings (SSSR count). The largest absolute Gasteiger partial charge is 0.477 e. The molecule has 1 aliphatic heterocycles. The van der Waals surface area contributed by atoms with Crippen LogP contribution in [0.1, 0.15) is 15.9 Å². The lowest BCUT2D eigenvalue weighted by Crippen LogP contribution is -2.44. The van der Waals surface area contributed by atoms with E-state index >= 15 is 4.39 Å². The summed E-state index contributed by atoms with van der Waals surface area (Å²) in [7, 11) is 0. The highest BCUT2D eigenvalue weighted by Crippen LogP contribution is 2.31. The molecule has 1 saturated heterocycles. The van der Waals surface area contributed by atoms with E-state index in [0.29, 0.717) is 32.2 Å². The Morgan fingerprint density at radius 2 is 1.77 bits per heavy atom. The SMILES string of the molecule is Cc1c(F)c(N2CCNCC2)cc2c1c(=O)c(C(=O)O)cn2-c1ccc(F)cc1F.Cl. The molecule has 3 aromatic rings. The summed E-state index contributed by atoms with van der Waals surface area (Å²) in [4.78, 5) is 26.2. The number of carbonyl (C=O) groups is 1. The molecule has 0 radical (unpaired) electrons. The average molecular weight is 454 g/mol. The lowest BCUT2D eigenvalue weighted by atomic mass is 10.0. The van der Waals surface area contributed by atoms with Crippen LogP contribution in [0.25, 0.3) is 16.6 Å². The van der Waals surface area contributed by atoms with Crippen molar-refractivity contribution in [3.63, 3.8) is 0 Å². The lowest BCUT2D eigenvalue weighted by Gasteiger charge is -2.30. The Bertz CT molecular complexity index is 1240. The van der Waals surface area contributed by atoms with E-state index < -0.39 is 34.4 Å². The van der Waals surface area contributed by atoms with Crippen molar-refractivity contribution in [1.29, 1.82) is 0 Å². The van der Waals surface area contributed by atoms with E-state index in [4.69, 9.17) is 0 Å². The molecule has 31 heavy (non-hydrogen) atoms. The van der Waals surface area contributed by atoms with Gasteiger partial charge in [-0.05, 0) is 25.1 Å². The summed E-state index contributed by atoms with van der Waals surface area (Å²) < 4.78 is 44.3. The number of nitrogens with one attached hydrogen (secondary N) is 1. The molecule has 1 aliphatic rings. The molecule has 10 heteroatoms. The maximum atomic E-state index is 15.2. The lowest BCUT2D eigenvalue weighted by molar-refractivity contribution is 0.0695. The van der Waals surface area contributed by atoms with Crippen molar-refractivity contribution < 1.29 is 23.1 Å². The van der Waals surface area contributed by atoms with Crippen molar-refractivity contribution in [3.05, 3.63) is 69.3 Å². The zero-order valence-electron chi connectivity index (χ0n) is 16.4. The minimum Gasteiger partial charge on any atom is -0.477 e. The van der Waals surface area contributed by atoms with Gasteiger partial charge >= 0.3 is 5.97 Å². The van der Waals surface area contributed by atoms with Gasteiger partial charge in [-0.3, -0.25) is 4.79 Å². The van der Waals surface area contributed by atoms with Gasteiger partial charge in [-0.1, -0.05) is 0 Å².